The Morgan fingerprint density at radius 1 is 0.952 bits per heavy atom. The lowest BCUT2D eigenvalue weighted by Crippen LogP contribution is -2.53. The summed E-state index contributed by atoms with van der Waals surface area (Å²) in [5.41, 5.74) is -0.588. The zero-order valence-corrected chi connectivity index (χ0v) is 26.3. The maximum atomic E-state index is 13.9. The van der Waals surface area contributed by atoms with Gasteiger partial charge >= 0.3 is 6.09 Å². The lowest BCUT2D eigenvalue weighted by molar-refractivity contribution is -0.124. The molecule has 2 aliphatic heterocycles. The van der Waals surface area contributed by atoms with E-state index >= 15 is 0 Å². The minimum absolute atomic E-state index is 0.0540. The highest BCUT2D eigenvalue weighted by Gasteiger charge is 2.41. The molecular formula is C32H54N6O4. The minimum atomic E-state index is -0.833. The van der Waals surface area contributed by atoms with E-state index in [0.29, 0.717) is 63.5 Å². The molecule has 4 fully saturated rings. The molecule has 42 heavy (non-hydrogen) atoms. The summed E-state index contributed by atoms with van der Waals surface area (Å²) in [4.78, 5) is 36.3. The zero-order valence-electron chi connectivity index (χ0n) is 26.3. The number of hydrogen-bond acceptors (Lipinski definition) is 7. The molecule has 2 heterocycles. The fourth-order valence-electron chi connectivity index (χ4n) is 6.84. The van der Waals surface area contributed by atoms with Crippen LogP contribution in [0.3, 0.4) is 0 Å². The van der Waals surface area contributed by atoms with Crippen LogP contribution in [0.1, 0.15) is 104 Å². The number of nitrogens with one attached hydrogen (secondary N) is 2. The summed E-state index contributed by atoms with van der Waals surface area (Å²) in [5.74, 6) is 0.128. The van der Waals surface area contributed by atoms with Gasteiger partial charge in [-0.2, -0.15) is 5.26 Å². The Morgan fingerprint density at radius 2 is 1.62 bits per heavy atom. The van der Waals surface area contributed by atoms with Gasteiger partial charge in [-0.3, -0.25) is 10.1 Å². The van der Waals surface area contributed by atoms with Crippen molar-refractivity contribution in [2.24, 2.45) is 15.8 Å². The van der Waals surface area contributed by atoms with Crippen LogP contribution in [0.5, 0.6) is 0 Å². The molecular weight excluding hydrogens is 532 g/mol. The van der Waals surface area contributed by atoms with Gasteiger partial charge in [-0.1, -0.05) is 27.2 Å². The molecule has 0 spiro atoms. The Labute approximate surface area is 252 Å². The van der Waals surface area contributed by atoms with Crippen LogP contribution < -0.4 is 10.6 Å². The zero-order chi connectivity index (χ0) is 30.1. The Morgan fingerprint density at radius 3 is 2.26 bits per heavy atom. The number of rotatable bonds is 9. The second kappa shape index (κ2) is 14.9. The number of carbonyl (C=O) groups excluding carboxylic acids is 2. The van der Waals surface area contributed by atoms with Crippen molar-refractivity contribution in [3.8, 4) is 6.07 Å². The summed E-state index contributed by atoms with van der Waals surface area (Å²) in [6.45, 7) is 12.5. The van der Waals surface area contributed by atoms with E-state index in [4.69, 9.17) is 14.5 Å². The predicted octanol–water partition coefficient (Wildman–Crippen LogP) is 4.59. The number of amides is 2. The van der Waals surface area contributed by atoms with Gasteiger partial charge < -0.3 is 24.6 Å². The molecule has 4 aliphatic rings. The SMILES string of the molecule is CC1(C)CCC(C)(C[C@H](N=C(NC(=O)OCCCN2CCCCC2)N2CCOCC2)C(=O)NC2(C#N)CCCC2)CC1. The molecule has 10 nitrogen and oxygen atoms in total. The molecule has 2 amide bonds. The molecule has 0 aromatic heterocycles. The molecule has 0 radical (unpaired) electrons. The third kappa shape index (κ3) is 9.57. The number of guanidine groups is 1. The number of nitrogens with zero attached hydrogens (tertiary/aromatic N) is 4. The number of piperidine rings is 1. The van der Waals surface area contributed by atoms with Crippen LogP contribution >= 0.6 is 0 Å². The van der Waals surface area contributed by atoms with Crippen molar-refractivity contribution >= 4 is 18.0 Å². The monoisotopic (exact) mass is 586 g/mol. The van der Waals surface area contributed by atoms with Gasteiger partial charge in [-0.05, 0) is 101 Å². The van der Waals surface area contributed by atoms with Gasteiger partial charge in [0.05, 0.1) is 25.9 Å². The number of nitriles is 1. The van der Waals surface area contributed by atoms with Gasteiger partial charge in [0.25, 0.3) is 0 Å². The summed E-state index contributed by atoms with van der Waals surface area (Å²) < 4.78 is 11.1. The summed E-state index contributed by atoms with van der Waals surface area (Å²) in [6.07, 6.45) is 12.0. The number of carbonyl (C=O) groups is 2. The van der Waals surface area contributed by atoms with Crippen molar-refractivity contribution in [3.05, 3.63) is 0 Å². The van der Waals surface area contributed by atoms with Gasteiger partial charge in [0.1, 0.15) is 11.6 Å². The van der Waals surface area contributed by atoms with E-state index in [1.165, 1.54) is 19.3 Å². The van der Waals surface area contributed by atoms with Gasteiger partial charge in [-0.15, -0.1) is 0 Å². The van der Waals surface area contributed by atoms with Crippen molar-refractivity contribution in [1.29, 1.82) is 5.26 Å². The van der Waals surface area contributed by atoms with E-state index in [2.05, 4.69) is 42.4 Å². The molecule has 236 valence electrons. The van der Waals surface area contributed by atoms with Crippen LogP contribution in [-0.4, -0.2) is 91.9 Å². The van der Waals surface area contributed by atoms with Gasteiger partial charge in [-0.25, -0.2) is 9.79 Å². The van der Waals surface area contributed by atoms with Crippen LogP contribution in [0, 0.1) is 22.2 Å². The van der Waals surface area contributed by atoms with E-state index in [1.807, 2.05) is 4.90 Å². The van der Waals surface area contributed by atoms with Gasteiger partial charge in [0, 0.05) is 19.6 Å². The summed E-state index contributed by atoms with van der Waals surface area (Å²) in [7, 11) is 0. The first-order valence-corrected chi connectivity index (χ1v) is 16.4. The molecule has 0 bridgehead atoms. The van der Waals surface area contributed by atoms with Crippen molar-refractivity contribution in [2.75, 3.05) is 52.5 Å². The van der Waals surface area contributed by atoms with Crippen LogP contribution in [0.2, 0.25) is 0 Å². The molecule has 2 aliphatic carbocycles. The van der Waals surface area contributed by atoms with E-state index in [1.54, 1.807) is 0 Å². The number of morpholine rings is 1. The van der Waals surface area contributed by atoms with Crippen molar-refractivity contribution in [3.63, 3.8) is 0 Å². The molecule has 2 saturated carbocycles. The van der Waals surface area contributed by atoms with E-state index in [-0.39, 0.29) is 11.3 Å². The average Bonchev–Trinajstić information content (AvgIpc) is 3.46. The highest BCUT2D eigenvalue weighted by atomic mass is 16.5. The number of alkyl carbamates (subject to hydrolysis) is 1. The van der Waals surface area contributed by atoms with E-state index < -0.39 is 17.7 Å². The van der Waals surface area contributed by atoms with Crippen LogP contribution in [0.4, 0.5) is 4.79 Å². The van der Waals surface area contributed by atoms with E-state index in [0.717, 1.165) is 64.6 Å². The fourth-order valence-corrected chi connectivity index (χ4v) is 6.84. The molecule has 2 N–H and O–H groups in total. The molecule has 0 unspecified atom stereocenters. The highest BCUT2D eigenvalue weighted by Crippen LogP contribution is 2.47. The van der Waals surface area contributed by atoms with Gasteiger partial charge in [0.15, 0.2) is 0 Å². The largest absolute Gasteiger partial charge is 0.449 e. The highest BCUT2D eigenvalue weighted by molar-refractivity contribution is 5.96. The summed E-state index contributed by atoms with van der Waals surface area (Å²) in [5, 5.41) is 16.0. The second-order valence-corrected chi connectivity index (χ2v) is 14.2. The average molecular weight is 587 g/mol. The minimum Gasteiger partial charge on any atom is -0.449 e. The van der Waals surface area contributed by atoms with Crippen molar-refractivity contribution in [1.82, 2.24) is 20.4 Å². The third-order valence-corrected chi connectivity index (χ3v) is 9.94. The second-order valence-electron chi connectivity index (χ2n) is 14.2. The van der Waals surface area contributed by atoms with Crippen LogP contribution in [0.15, 0.2) is 4.99 Å². The lowest BCUT2D eigenvalue weighted by atomic mass is 9.64. The number of aliphatic imine (C=N–C) groups is 1. The van der Waals surface area contributed by atoms with Crippen molar-refractivity contribution < 1.29 is 19.1 Å². The first kappa shape index (κ1) is 32.5. The van der Waals surface area contributed by atoms with Crippen LogP contribution in [0.25, 0.3) is 0 Å². The quantitative estimate of drug-likeness (QED) is 0.230. The smallest absolute Gasteiger partial charge is 0.413 e. The normalized spacial score (nSPS) is 24.8. The van der Waals surface area contributed by atoms with Crippen LogP contribution in [-0.2, 0) is 14.3 Å². The molecule has 2 saturated heterocycles. The Balaban J connectivity index is 1.48. The third-order valence-electron chi connectivity index (χ3n) is 9.94. The topological polar surface area (TPSA) is 119 Å². The number of likely N-dealkylation sites (tertiary alicyclic amines) is 1. The summed E-state index contributed by atoms with van der Waals surface area (Å²) in [6, 6.07) is 1.66. The Bertz CT molecular complexity index is 964. The first-order chi connectivity index (χ1) is 20.1. The molecule has 10 heteroatoms. The molecule has 0 aromatic carbocycles. The molecule has 4 rings (SSSR count). The molecule has 0 aromatic rings. The van der Waals surface area contributed by atoms with Crippen molar-refractivity contribution in [2.45, 2.75) is 116 Å². The maximum Gasteiger partial charge on any atom is 0.413 e. The number of ether oxygens (including phenoxy) is 2. The predicted molar refractivity (Wildman–Crippen MR) is 163 cm³/mol. The van der Waals surface area contributed by atoms with Gasteiger partial charge in [0.2, 0.25) is 11.9 Å². The first-order valence-electron chi connectivity index (χ1n) is 16.4. The Kier molecular flexibility index (Phi) is 11.5. The van der Waals surface area contributed by atoms with E-state index in [9.17, 15) is 14.9 Å². The molecule has 1 atom stereocenters. The Hall–Kier alpha value is -2.38. The number of hydrogen-bond donors (Lipinski definition) is 2. The fraction of sp³-hybridized carbons (Fsp3) is 0.875. The maximum absolute atomic E-state index is 13.9. The lowest BCUT2D eigenvalue weighted by Gasteiger charge is -2.42. The standard InChI is InChI=1S/C32H54N6O4/c1-30(2)12-14-31(3,15-13-30)24-26(27(39)36-32(25-33)10-5-6-11-32)34-28(38-19-22-41-23-20-38)35-29(40)42-21-9-18-37-16-7-4-8-17-37/h26H,4-24H2,1-3H3,(H,36,39)(H,34,35,40)/t26-/m0/s1. The summed E-state index contributed by atoms with van der Waals surface area (Å²) >= 11 is 0.